The van der Waals surface area contributed by atoms with E-state index >= 15 is 0 Å². The molecular formula is C25H26N6O4S. The third-order valence-electron chi connectivity index (χ3n) is 5.22. The summed E-state index contributed by atoms with van der Waals surface area (Å²) in [5, 5.41) is 6.08. The van der Waals surface area contributed by atoms with Gasteiger partial charge in [0.05, 0.1) is 29.6 Å². The number of nitrogens with zero attached hydrogens (tertiary/aromatic N) is 3. The highest BCUT2D eigenvalue weighted by Crippen LogP contribution is 2.28. The first-order valence-corrected chi connectivity index (χ1v) is 12.5. The van der Waals surface area contributed by atoms with Gasteiger partial charge in [0.15, 0.2) is 11.6 Å². The normalized spacial score (nSPS) is 11.1. The average molecular weight is 507 g/mol. The average Bonchev–Trinajstić information content (AvgIpc) is 2.87. The zero-order chi connectivity index (χ0) is 25.7. The smallest absolute Gasteiger partial charge is 0.263 e. The van der Waals surface area contributed by atoms with E-state index in [0.29, 0.717) is 28.2 Å². The maximum absolute atomic E-state index is 13.3. The predicted octanol–water partition coefficient (Wildman–Crippen LogP) is 3.68. The zero-order valence-corrected chi connectivity index (χ0v) is 20.8. The molecule has 36 heavy (non-hydrogen) atoms. The Morgan fingerprint density at radius 1 is 0.889 bits per heavy atom. The van der Waals surface area contributed by atoms with Crippen LogP contribution in [0.1, 0.15) is 0 Å². The summed E-state index contributed by atoms with van der Waals surface area (Å²) in [6, 6.07) is 20.5. The number of carbonyl (C=O) groups excluding carboxylic acids is 1. The van der Waals surface area contributed by atoms with Crippen LogP contribution in [0, 0.1) is 0 Å². The molecule has 11 heteroatoms. The van der Waals surface area contributed by atoms with Gasteiger partial charge >= 0.3 is 0 Å². The molecule has 0 bridgehead atoms. The fourth-order valence-electron chi connectivity index (χ4n) is 3.29. The van der Waals surface area contributed by atoms with E-state index in [1.807, 2.05) is 12.1 Å². The maximum Gasteiger partial charge on any atom is 0.263 e. The summed E-state index contributed by atoms with van der Waals surface area (Å²) in [5.74, 6) is 0.767. The number of methoxy groups -OCH3 is 1. The van der Waals surface area contributed by atoms with Crippen LogP contribution in [0.2, 0.25) is 0 Å². The summed E-state index contributed by atoms with van der Waals surface area (Å²) >= 11 is 0. The van der Waals surface area contributed by atoms with E-state index in [0.717, 1.165) is 0 Å². The standard InChI is InChI=1S/C25H26N6O4S/c1-31(2)23(32)16-26-17-8-7-11-20(15-17)36(33,34)30-25-24(27-18-9-6-10-19(14-18)35-3)28-21-12-4-5-13-22(21)29-25/h4-15,26H,16H2,1-3H3,(H,27,28)(H,29,30). The van der Waals surface area contributed by atoms with Gasteiger partial charge in [0, 0.05) is 31.5 Å². The van der Waals surface area contributed by atoms with Gasteiger partial charge in [0.25, 0.3) is 10.0 Å². The second kappa shape index (κ2) is 10.5. The summed E-state index contributed by atoms with van der Waals surface area (Å²) in [7, 11) is 0.823. The van der Waals surface area contributed by atoms with Gasteiger partial charge in [0.2, 0.25) is 5.91 Å². The zero-order valence-electron chi connectivity index (χ0n) is 20.0. The topological polar surface area (TPSA) is 126 Å². The van der Waals surface area contributed by atoms with Gasteiger partial charge in [-0.25, -0.2) is 18.4 Å². The number of hydrogen-bond donors (Lipinski definition) is 3. The van der Waals surface area contributed by atoms with E-state index in [1.165, 1.54) is 17.0 Å². The van der Waals surface area contributed by atoms with Gasteiger partial charge in [0.1, 0.15) is 5.75 Å². The summed E-state index contributed by atoms with van der Waals surface area (Å²) < 4.78 is 34.5. The molecule has 0 aliphatic rings. The Bertz CT molecular complexity index is 1510. The fraction of sp³-hybridized carbons (Fsp3) is 0.160. The molecule has 4 aromatic rings. The van der Waals surface area contributed by atoms with Crippen molar-refractivity contribution in [2.75, 3.05) is 43.1 Å². The predicted molar refractivity (Wildman–Crippen MR) is 140 cm³/mol. The van der Waals surface area contributed by atoms with Crippen LogP contribution < -0.4 is 20.1 Å². The number of anilines is 4. The van der Waals surface area contributed by atoms with E-state index in [1.54, 1.807) is 69.7 Å². The second-order valence-corrected chi connectivity index (χ2v) is 9.72. The largest absolute Gasteiger partial charge is 0.497 e. The number of benzene rings is 3. The van der Waals surface area contributed by atoms with Gasteiger partial charge in [-0.2, -0.15) is 0 Å². The number of ether oxygens (including phenoxy) is 1. The van der Waals surface area contributed by atoms with Gasteiger partial charge in [-0.05, 0) is 42.5 Å². The van der Waals surface area contributed by atoms with Crippen molar-refractivity contribution in [1.29, 1.82) is 0 Å². The van der Waals surface area contributed by atoms with Crippen LogP contribution >= 0.6 is 0 Å². The van der Waals surface area contributed by atoms with E-state index in [2.05, 4.69) is 25.3 Å². The Labute approximate surface area is 209 Å². The van der Waals surface area contributed by atoms with E-state index in [9.17, 15) is 13.2 Å². The number of sulfonamides is 1. The molecule has 1 aromatic heterocycles. The minimum absolute atomic E-state index is 0.00657. The van der Waals surface area contributed by atoms with Crippen molar-refractivity contribution in [3.63, 3.8) is 0 Å². The highest BCUT2D eigenvalue weighted by molar-refractivity contribution is 7.92. The van der Waals surface area contributed by atoms with Gasteiger partial charge < -0.3 is 20.3 Å². The molecule has 1 amide bonds. The monoisotopic (exact) mass is 506 g/mol. The van der Waals surface area contributed by atoms with Crippen LogP contribution in [-0.2, 0) is 14.8 Å². The van der Waals surface area contributed by atoms with Crippen LogP contribution in [0.25, 0.3) is 11.0 Å². The van der Waals surface area contributed by atoms with Crippen LogP contribution in [0.4, 0.5) is 23.0 Å². The molecule has 0 fully saturated rings. The number of nitrogens with one attached hydrogen (secondary N) is 3. The Balaban J connectivity index is 1.66. The number of hydrogen-bond acceptors (Lipinski definition) is 8. The number of fused-ring (bicyclic) bond motifs is 1. The Hall–Kier alpha value is -4.38. The first kappa shape index (κ1) is 24.7. The minimum Gasteiger partial charge on any atom is -0.497 e. The number of rotatable bonds is 9. The first-order chi connectivity index (χ1) is 17.2. The van der Waals surface area contributed by atoms with Gasteiger partial charge in [-0.3, -0.25) is 9.52 Å². The van der Waals surface area contributed by atoms with Crippen molar-refractivity contribution in [3.8, 4) is 5.75 Å². The molecule has 4 rings (SSSR count). The van der Waals surface area contributed by atoms with E-state index in [-0.39, 0.29) is 29.0 Å². The Kier molecular flexibility index (Phi) is 7.20. The molecule has 0 radical (unpaired) electrons. The quantitative estimate of drug-likeness (QED) is 0.314. The van der Waals surface area contributed by atoms with Crippen molar-refractivity contribution < 1.29 is 17.9 Å². The summed E-state index contributed by atoms with van der Waals surface area (Å²) in [4.78, 5) is 22.4. The van der Waals surface area contributed by atoms with Crippen LogP contribution in [0.5, 0.6) is 5.75 Å². The summed E-state index contributed by atoms with van der Waals surface area (Å²) in [6.45, 7) is 0.0364. The van der Waals surface area contributed by atoms with Gasteiger partial charge in [-0.1, -0.05) is 24.3 Å². The lowest BCUT2D eigenvalue weighted by atomic mass is 10.3. The van der Waals surface area contributed by atoms with Crippen molar-refractivity contribution in [3.05, 3.63) is 72.8 Å². The third-order valence-corrected chi connectivity index (χ3v) is 6.56. The first-order valence-electron chi connectivity index (χ1n) is 11.0. The molecule has 0 atom stereocenters. The lowest BCUT2D eigenvalue weighted by Crippen LogP contribution is -2.28. The Morgan fingerprint density at radius 2 is 1.56 bits per heavy atom. The lowest BCUT2D eigenvalue weighted by Gasteiger charge is -2.15. The molecule has 1 heterocycles. The van der Waals surface area contributed by atoms with Crippen LogP contribution in [-0.4, -0.2) is 56.9 Å². The van der Waals surface area contributed by atoms with Crippen molar-refractivity contribution in [2.45, 2.75) is 4.90 Å². The molecule has 0 aliphatic heterocycles. The number of likely N-dealkylation sites (N-methyl/N-ethyl adjacent to an activating group) is 1. The number of aromatic nitrogens is 2. The van der Waals surface area contributed by atoms with Crippen molar-refractivity contribution in [1.82, 2.24) is 14.9 Å². The fourth-order valence-corrected chi connectivity index (χ4v) is 4.35. The van der Waals surface area contributed by atoms with Crippen molar-refractivity contribution >= 4 is 50.0 Å². The Morgan fingerprint density at radius 3 is 2.25 bits per heavy atom. The SMILES string of the molecule is COc1cccc(Nc2nc3ccccc3nc2NS(=O)(=O)c2cccc(NCC(=O)N(C)C)c2)c1. The highest BCUT2D eigenvalue weighted by Gasteiger charge is 2.20. The molecule has 0 unspecified atom stereocenters. The summed E-state index contributed by atoms with van der Waals surface area (Å²) in [5.41, 5.74) is 2.27. The van der Waals surface area contributed by atoms with Gasteiger partial charge in [-0.15, -0.1) is 0 Å². The highest BCUT2D eigenvalue weighted by atomic mass is 32.2. The molecule has 0 aliphatic carbocycles. The number of carbonyl (C=O) groups is 1. The molecule has 10 nitrogen and oxygen atoms in total. The third kappa shape index (κ3) is 5.81. The molecular weight excluding hydrogens is 480 g/mol. The van der Waals surface area contributed by atoms with E-state index < -0.39 is 10.0 Å². The summed E-state index contributed by atoms with van der Waals surface area (Å²) in [6.07, 6.45) is 0. The second-order valence-electron chi connectivity index (χ2n) is 8.04. The molecule has 0 saturated heterocycles. The lowest BCUT2D eigenvalue weighted by molar-refractivity contribution is -0.126. The van der Waals surface area contributed by atoms with Crippen LogP contribution in [0.3, 0.4) is 0 Å². The maximum atomic E-state index is 13.3. The van der Waals surface area contributed by atoms with E-state index in [4.69, 9.17) is 4.74 Å². The molecule has 3 N–H and O–H groups in total. The number of para-hydroxylation sites is 2. The van der Waals surface area contributed by atoms with Crippen molar-refractivity contribution in [2.24, 2.45) is 0 Å². The molecule has 0 spiro atoms. The molecule has 186 valence electrons. The number of amides is 1. The van der Waals surface area contributed by atoms with Crippen LogP contribution in [0.15, 0.2) is 77.7 Å². The molecule has 0 saturated carbocycles. The molecule has 3 aromatic carbocycles. The minimum atomic E-state index is -4.04.